The van der Waals surface area contributed by atoms with Gasteiger partial charge in [-0.2, -0.15) is 10.1 Å². The van der Waals surface area contributed by atoms with Crippen LogP contribution >= 0.6 is 0 Å². The van der Waals surface area contributed by atoms with Crippen molar-refractivity contribution in [2.45, 2.75) is 26.9 Å². The molecule has 0 saturated carbocycles. The van der Waals surface area contributed by atoms with Crippen LogP contribution in [0.15, 0.2) is 26.8 Å². The molecule has 9 nitrogen and oxygen atoms in total. The van der Waals surface area contributed by atoms with Crippen molar-refractivity contribution in [3.8, 4) is 0 Å². The number of nitrogens with zero attached hydrogens (tertiary/aromatic N) is 6. The van der Waals surface area contributed by atoms with Crippen LogP contribution in [0.5, 0.6) is 0 Å². The van der Waals surface area contributed by atoms with Crippen LogP contribution in [0.2, 0.25) is 0 Å². The predicted octanol–water partition coefficient (Wildman–Crippen LogP) is 0.315. The van der Waals surface area contributed by atoms with Gasteiger partial charge in [0.15, 0.2) is 11.2 Å². The maximum absolute atomic E-state index is 12.9. The highest BCUT2D eigenvalue weighted by Crippen LogP contribution is 2.23. The van der Waals surface area contributed by atoms with Gasteiger partial charge in [-0.25, -0.2) is 9.80 Å². The van der Waals surface area contributed by atoms with Crippen LogP contribution < -0.4 is 16.3 Å². The Morgan fingerprint density at radius 3 is 2.76 bits per heavy atom. The first-order valence-corrected chi connectivity index (χ1v) is 8.11. The predicted molar refractivity (Wildman–Crippen MR) is 96.4 cm³/mol. The Kier molecular flexibility index (Phi) is 4.58. The lowest BCUT2D eigenvalue weighted by Crippen LogP contribution is -2.39. The number of aromatic nitrogens is 4. The van der Waals surface area contributed by atoms with Gasteiger partial charge in [0.2, 0.25) is 5.95 Å². The number of rotatable bonds is 5. The van der Waals surface area contributed by atoms with Gasteiger partial charge in [0.25, 0.3) is 5.56 Å². The second kappa shape index (κ2) is 6.67. The lowest BCUT2D eigenvalue weighted by Gasteiger charge is -2.24. The number of hydrogen-bond donors (Lipinski definition) is 0. The molecule has 0 radical (unpaired) electrons. The van der Waals surface area contributed by atoms with E-state index in [0.717, 1.165) is 5.71 Å². The molecule has 25 heavy (non-hydrogen) atoms. The summed E-state index contributed by atoms with van der Waals surface area (Å²) in [5.41, 5.74) is 0.923. The average Bonchev–Trinajstić information content (AvgIpc) is 2.97. The van der Waals surface area contributed by atoms with E-state index in [1.165, 1.54) is 9.13 Å². The maximum Gasteiger partial charge on any atom is 0.332 e. The van der Waals surface area contributed by atoms with E-state index in [9.17, 15) is 9.59 Å². The molecule has 0 amide bonds. The van der Waals surface area contributed by atoms with E-state index in [2.05, 4.69) is 10.1 Å². The van der Waals surface area contributed by atoms with Crippen molar-refractivity contribution in [3.63, 3.8) is 0 Å². The van der Waals surface area contributed by atoms with Crippen LogP contribution in [0.3, 0.4) is 0 Å². The van der Waals surface area contributed by atoms with Gasteiger partial charge in [-0.15, -0.1) is 0 Å². The van der Waals surface area contributed by atoms with Crippen molar-refractivity contribution in [2.24, 2.45) is 12.1 Å². The minimum Gasteiger partial charge on any atom is -0.383 e. The van der Waals surface area contributed by atoms with Gasteiger partial charge in [0, 0.05) is 20.7 Å². The molecular formula is C16H22N6O3. The van der Waals surface area contributed by atoms with E-state index in [-0.39, 0.29) is 17.8 Å². The summed E-state index contributed by atoms with van der Waals surface area (Å²) in [6.07, 6.45) is 3.59. The molecule has 0 bridgehead atoms. The summed E-state index contributed by atoms with van der Waals surface area (Å²) >= 11 is 0. The summed E-state index contributed by atoms with van der Waals surface area (Å²) in [4.78, 5) is 30.0. The fraction of sp³-hybridized carbons (Fsp3) is 0.500. The Bertz CT molecular complexity index is 978. The minimum absolute atomic E-state index is 0.235. The van der Waals surface area contributed by atoms with E-state index in [0.29, 0.717) is 36.8 Å². The number of hydrazone groups is 1. The molecule has 134 valence electrons. The molecule has 0 unspecified atom stereocenters. The Morgan fingerprint density at radius 2 is 2.08 bits per heavy atom. The minimum atomic E-state index is -0.382. The molecule has 0 fully saturated rings. The zero-order valence-electron chi connectivity index (χ0n) is 14.9. The van der Waals surface area contributed by atoms with Crippen LogP contribution in [0, 0.1) is 0 Å². The molecule has 2 aromatic heterocycles. The normalized spacial score (nSPS) is 14.4. The SMILES string of the molecule is CC=CCn1c(=O)c2c(nc3n2CC(C)=NN3CCOC)n(C)c1=O. The second-order valence-corrected chi connectivity index (χ2v) is 5.95. The highest BCUT2D eigenvalue weighted by Gasteiger charge is 2.26. The molecule has 0 N–H and O–H groups in total. The van der Waals surface area contributed by atoms with E-state index in [4.69, 9.17) is 4.74 Å². The van der Waals surface area contributed by atoms with Crippen LogP contribution in [0.4, 0.5) is 5.95 Å². The smallest absolute Gasteiger partial charge is 0.332 e. The largest absolute Gasteiger partial charge is 0.383 e. The number of methoxy groups -OCH3 is 1. The zero-order valence-corrected chi connectivity index (χ0v) is 14.9. The molecule has 0 aliphatic carbocycles. The number of fused-ring (bicyclic) bond motifs is 3. The number of ether oxygens (including phenoxy) is 1. The standard InChI is InChI=1S/C16H22N6O3/c1-5-6-7-20-14(23)12-13(19(3)16(20)24)17-15-21(12)10-11(2)18-22(15)8-9-25-4/h5-6H,7-10H2,1-4H3. The number of hydrogen-bond acceptors (Lipinski definition) is 6. The highest BCUT2D eigenvalue weighted by atomic mass is 16.5. The van der Waals surface area contributed by atoms with E-state index < -0.39 is 0 Å². The van der Waals surface area contributed by atoms with Crippen LogP contribution in [0.1, 0.15) is 13.8 Å². The average molecular weight is 346 g/mol. The Morgan fingerprint density at radius 1 is 1.32 bits per heavy atom. The third kappa shape index (κ3) is 2.80. The fourth-order valence-corrected chi connectivity index (χ4v) is 2.92. The summed E-state index contributed by atoms with van der Waals surface area (Å²) in [6.45, 7) is 5.44. The van der Waals surface area contributed by atoms with Gasteiger partial charge in [-0.1, -0.05) is 12.2 Å². The molecule has 9 heteroatoms. The van der Waals surface area contributed by atoms with Gasteiger partial charge in [0.1, 0.15) is 0 Å². The van der Waals surface area contributed by atoms with Gasteiger partial charge in [-0.05, 0) is 13.8 Å². The van der Waals surface area contributed by atoms with Crippen LogP contribution in [-0.4, -0.2) is 44.7 Å². The van der Waals surface area contributed by atoms with Crippen molar-refractivity contribution >= 4 is 22.8 Å². The third-order valence-corrected chi connectivity index (χ3v) is 4.15. The molecule has 3 heterocycles. The topological polar surface area (TPSA) is 86.7 Å². The molecule has 0 atom stereocenters. The molecule has 0 spiro atoms. The summed E-state index contributed by atoms with van der Waals surface area (Å²) in [5, 5.41) is 6.20. The monoisotopic (exact) mass is 346 g/mol. The summed E-state index contributed by atoms with van der Waals surface area (Å²) < 4.78 is 9.58. The van der Waals surface area contributed by atoms with Crippen molar-refractivity contribution in [3.05, 3.63) is 33.0 Å². The summed E-state index contributed by atoms with van der Waals surface area (Å²) in [5.74, 6) is 0.550. The first kappa shape index (κ1) is 17.2. The summed E-state index contributed by atoms with van der Waals surface area (Å²) in [6, 6.07) is 0. The van der Waals surface area contributed by atoms with Crippen molar-refractivity contribution in [1.82, 2.24) is 18.7 Å². The molecule has 3 rings (SSSR count). The van der Waals surface area contributed by atoms with Crippen molar-refractivity contribution in [2.75, 3.05) is 25.3 Å². The molecular weight excluding hydrogens is 324 g/mol. The first-order chi connectivity index (χ1) is 12.0. The van der Waals surface area contributed by atoms with Crippen LogP contribution in [-0.2, 0) is 24.9 Å². The van der Waals surface area contributed by atoms with E-state index >= 15 is 0 Å². The van der Waals surface area contributed by atoms with E-state index in [1.807, 2.05) is 24.5 Å². The molecule has 0 saturated heterocycles. The zero-order chi connectivity index (χ0) is 18.1. The van der Waals surface area contributed by atoms with Crippen molar-refractivity contribution < 1.29 is 4.74 Å². The number of aryl methyl sites for hydroxylation is 1. The third-order valence-electron chi connectivity index (χ3n) is 4.15. The quantitative estimate of drug-likeness (QED) is 0.728. The van der Waals surface area contributed by atoms with Gasteiger partial charge >= 0.3 is 5.69 Å². The summed E-state index contributed by atoms with van der Waals surface area (Å²) in [7, 11) is 3.25. The molecule has 1 aliphatic rings. The van der Waals surface area contributed by atoms with Crippen molar-refractivity contribution in [1.29, 1.82) is 0 Å². The Hall–Kier alpha value is -2.68. The molecule has 2 aromatic rings. The molecule has 0 aromatic carbocycles. The Balaban J connectivity index is 2.26. The number of imidazole rings is 1. The Labute approximate surface area is 144 Å². The molecule has 1 aliphatic heterocycles. The number of anilines is 1. The van der Waals surface area contributed by atoms with E-state index in [1.54, 1.807) is 25.2 Å². The van der Waals surface area contributed by atoms with Gasteiger partial charge in [-0.3, -0.25) is 18.5 Å². The van der Waals surface area contributed by atoms with Crippen LogP contribution in [0.25, 0.3) is 11.2 Å². The maximum atomic E-state index is 12.9. The van der Waals surface area contributed by atoms with Gasteiger partial charge < -0.3 is 4.74 Å². The lowest BCUT2D eigenvalue weighted by atomic mass is 10.3. The second-order valence-electron chi connectivity index (χ2n) is 5.95. The first-order valence-electron chi connectivity index (χ1n) is 8.11. The lowest BCUT2D eigenvalue weighted by molar-refractivity contribution is 0.205. The highest BCUT2D eigenvalue weighted by molar-refractivity contribution is 5.87. The fourth-order valence-electron chi connectivity index (χ4n) is 2.92. The number of allylic oxidation sites excluding steroid dienone is 2. The van der Waals surface area contributed by atoms with Gasteiger partial charge in [0.05, 0.1) is 25.4 Å².